The summed E-state index contributed by atoms with van der Waals surface area (Å²) in [5.41, 5.74) is 0.230. The van der Waals surface area contributed by atoms with Crippen LogP contribution in [0.2, 0.25) is 0 Å². The molecule has 2 fully saturated rings. The van der Waals surface area contributed by atoms with Gasteiger partial charge in [0, 0.05) is 13.1 Å². The van der Waals surface area contributed by atoms with Crippen LogP contribution in [0.25, 0.3) is 5.69 Å². The molecule has 0 radical (unpaired) electrons. The summed E-state index contributed by atoms with van der Waals surface area (Å²) >= 11 is 0. The van der Waals surface area contributed by atoms with E-state index in [9.17, 15) is 12.8 Å². The number of piperidine rings is 1. The Morgan fingerprint density at radius 2 is 1.76 bits per heavy atom. The average Bonchev–Trinajstić information content (AvgIpc) is 3.39. The van der Waals surface area contributed by atoms with E-state index < -0.39 is 38.9 Å². The lowest BCUT2D eigenvalue weighted by atomic mass is 10.1. The highest BCUT2D eigenvalue weighted by atomic mass is 32.2. The summed E-state index contributed by atoms with van der Waals surface area (Å²) in [5.74, 6) is -0.245. The zero-order valence-electron chi connectivity index (χ0n) is 23.7. The Hall–Kier alpha value is -3.54. The number of rotatable bonds is 10. The van der Waals surface area contributed by atoms with E-state index in [0.717, 1.165) is 12.4 Å². The molecule has 2 aliphatic rings. The van der Waals surface area contributed by atoms with Crippen LogP contribution in [0.1, 0.15) is 38.0 Å². The van der Waals surface area contributed by atoms with E-state index in [1.165, 1.54) is 25.1 Å². The Morgan fingerprint density at radius 1 is 1.05 bits per heavy atom. The van der Waals surface area contributed by atoms with Gasteiger partial charge >= 0.3 is 0 Å². The van der Waals surface area contributed by atoms with Gasteiger partial charge in [-0.25, -0.2) is 22.8 Å². The minimum atomic E-state index is -3.91. The van der Waals surface area contributed by atoms with Crippen LogP contribution in [0.5, 0.6) is 11.8 Å². The van der Waals surface area contributed by atoms with Gasteiger partial charge in [-0.3, -0.25) is 4.57 Å². The van der Waals surface area contributed by atoms with Crippen LogP contribution in [-0.4, -0.2) is 108 Å². The van der Waals surface area contributed by atoms with Gasteiger partial charge in [0.15, 0.2) is 33.0 Å². The van der Waals surface area contributed by atoms with Crippen molar-refractivity contribution in [2.45, 2.75) is 49.6 Å². The first-order valence-corrected chi connectivity index (χ1v) is 15.1. The van der Waals surface area contributed by atoms with Gasteiger partial charge in [0.25, 0.3) is 0 Å². The highest BCUT2D eigenvalue weighted by molar-refractivity contribution is 7.91. The molecule has 0 aliphatic carbocycles. The summed E-state index contributed by atoms with van der Waals surface area (Å²) in [7, 11) is -1.06. The van der Waals surface area contributed by atoms with Gasteiger partial charge in [-0.15, -0.1) is 10.2 Å². The zero-order chi connectivity index (χ0) is 29.9. The van der Waals surface area contributed by atoms with Crippen molar-refractivity contribution in [2.75, 3.05) is 52.0 Å². The number of nitrogens with zero attached hydrogens (tertiary/aromatic N) is 8. The molecule has 5 rings (SSSR count). The third-order valence-electron chi connectivity index (χ3n) is 6.79. The monoisotopic (exact) mass is 608 g/mol. The lowest BCUT2D eigenvalue weighted by Gasteiger charge is -2.38. The average molecular weight is 609 g/mol. The van der Waals surface area contributed by atoms with Crippen LogP contribution in [0, 0.1) is 5.82 Å². The molecule has 5 heterocycles. The summed E-state index contributed by atoms with van der Waals surface area (Å²) in [6.07, 6.45) is 2.38. The van der Waals surface area contributed by atoms with E-state index in [1.54, 1.807) is 4.90 Å². The number of ether oxygens (including phenoxy) is 5. The van der Waals surface area contributed by atoms with Crippen molar-refractivity contribution in [2.24, 2.45) is 0 Å². The number of halogens is 1. The molecular formula is C25H33FN8O7S. The Labute approximate surface area is 242 Å². The van der Waals surface area contributed by atoms with Gasteiger partial charge in [0.2, 0.25) is 17.7 Å². The molecule has 0 bridgehead atoms. The third kappa shape index (κ3) is 6.43. The topological polar surface area (TPSA) is 166 Å². The van der Waals surface area contributed by atoms with Crippen molar-refractivity contribution < 1.29 is 36.5 Å². The Balaban J connectivity index is 1.53. The van der Waals surface area contributed by atoms with E-state index in [4.69, 9.17) is 23.7 Å². The highest BCUT2D eigenvalue weighted by Gasteiger charge is 2.39. The quantitative estimate of drug-likeness (QED) is 0.321. The first kappa shape index (κ1) is 29.9. The van der Waals surface area contributed by atoms with Crippen LogP contribution < -0.4 is 14.4 Å². The molecule has 0 unspecified atom stereocenters. The maximum absolute atomic E-state index is 14.1. The van der Waals surface area contributed by atoms with Gasteiger partial charge < -0.3 is 28.6 Å². The van der Waals surface area contributed by atoms with Crippen molar-refractivity contribution in [3.8, 4) is 17.4 Å². The SMILES string of the molecule is COc1ncnc(OC)c1-n1c(CS(=O)(=O)[C@H]2C[C@@H](OC(C)C)CN(c3ncc(F)cn3)C2)nnc1[C@@H]1COCCO1. The van der Waals surface area contributed by atoms with Crippen molar-refractivity contribution in [3.05, 3.63) is 36.2 Å². The number of anilines is 1. The minimum Gasteiger partial charge on any atom is -0.479 e. The van der Waals surface area contributed by atoms with Crippen LogP contribution in [-0.2, 0) is 29.8 Å². The third-order valence-corrected chi connectivity index (χ3v) is 8.81. The van der Waals surface area contributed by atoms with Crippen LogP contribution in [0.15, 0.2) is 18.7 Å². The number of methoxy groups -OCH3 is 2. The molecule has 228 valence electrons. The van der Waals surface area contributed by atoms with E-state index in [2.05, 4.69) is 30.1 Å². The zero-order valence-corrected chi connectivity index (χ0v) is 24.5. The van der Waals surface area contributed by atoms with Crippen molar-refractivity contribution in [1.82, 2.24) is 34.7 Å². The molecule has 0 amide bonds. The molecule has 15 nitrogen and oxygen atoms in total. The standard InChI is InChI=1S/C25H33FN8O7S/c1-15(2)41-17-7-18(11-33(10-17)25-27-8-16(26)9-28-25)42(35,36)13-20-31-32-22(19-12-39-5-6-40-19)34(20)21-23(37-3)29-14-30-24(21)38-4/h8-9,14-15,17-19H,5-7,10-13H2,1-4H3/t17-,18+,19+/m1/s1. The number of aromatic nitrogens is 7. The van der Waals surface area contributed by atoms with Gasteiger partial charge in [0.1, 0.15) is 18.2 Å². The fourth-order valence-electron chi connectivity index (χ4n) is 5.03. The second-order valence-corrected chi connectivity index (χ2v) is 12.3. The summed E-state index contributed by atoms with van der Waals surface area (Å²) in [6, 6.07) is 0. The van der Waals surface area contributed by atoms with Gasteiger partial charge in [-0.2, -0.15) is 9.97 Å². The second-order valence-electron chi connectivity index (χ2n) is 10.1. The smallest absolute Gasteiger partial charge is 0.245 e. The number of sulfone groups is 1. The number of hydrogen-bond acceptors (Lipinski definition) is 14. The summed E-state index contributed by atoms with van der Waals surface area (Å²) in [6.45, 7) is 5.11. The molecule has 17 heteroatoms. The molecule has 0 saturated carbocycles. The predicted octanol–water partition coefficient (Wildman–Crippen LogP) is 1.08. The Bertz CT molecular complexity index is 1450. The first-order valence-electron chi connectivity index (χ1n) is 13.4. The highest BCUT2D eigenvalue weighted by Crippen LogP contribution is 2.34. The molecular weight excluding hydrogens is 575 g/mol. The van der Waals surface area contributed by atoms with Crippen molar-refractivity contribution >= 4 is 15.8 Å². The summed E-state index contributed by atoms with van der Waals surface area (Å²) in [4.78, 5) is 18.2. The van der Waals surface area contributed by atoms with E-state index >= 15 is 0 Å². The maximum atomic E-state index is 14.1. The summed E-state index contributed by atoms with van der Waals surface area (Å²) in [5, 5.41) is 7.69. The van der Waals surface area contributed by atoms with Crippen LogP contribution in [0.3, 0.4) is 0 Å². The van der Waals surface area contributed by atoms with E-state index in [1.807, 2.05) is 13.8 Å². The molecule has 2 aliphatic heterocycles. The molecule has 42 heavy (non-hydrogen) atoms. The fourth-order valence-corrected chi connectivity index (χ4v) is 6.73. The Morgan fingerprint density at radius 3 is 2.38 bits per heavy atom. The summed E-state index contributed by atoms with van der Waals surface area (Å²) < 4.78 is 71.6. The lowest BCUT2D eigenvalue weighted by Crippen LogP contribution is -2.51. The second kappa shape index (κ2) is 12.8. The first-order chi connectivity index (χ1) is 20.2. The molecule has 0 N–H and O–H groups in total. The molecule has 3 aromatic rings. The molecule has 2 saturated heterocycles. The lowest BCUT2D eigenvalue weighted by molar-refractivity contribution is -0.0942. The van der Waals surface area contributed by atoms with Crippen molar-refractivity contribution in [1.29, 1.82) is 0 Å². The fraction of sp³-hybridized carbons (Fsp3) is 0.600. The number of hydrogen-bond donors (Lipinski definition) is 0. The van der Waals surface area contributed by atoms with Crippen molar-refractivity contribution in [3.63, 3.8) is 0 Å². The van der Waals surface area contributed by atoms with Crippen LogP contribution >= 0.6 is 0 Å². The van der Waals surface area contributed by atoms with Gasteiger partial charge in [-0.05, 0) is 20.3 Å². The van der Waals surface area contributed by atoms with Crippen LogP contribution in [0.4, 0.5) is 10.3 Å². The minimum absolute atomic E-state index is 0.0770. The predicted molar refractivity (Wildman–Crippen MR) is 145 cm³/mol. The van der Waals surface area contributed by atoms with Gasteiger partial charge in [0.05, 0.1) is 63.9 Å². The Kier molecular flexibility index (Phi) is 9.10. The maximum Gasteiger partial charge on any atom is 0.245 e. The van der Waals surface area contributed by atoms with E-state index in [0.29, 0.717) is 19.8 Å². The molecule has 3 atom stereocenters. The van der Waals surface area contributed by atoms with E-state index in [-0.39, 0.29) is 60.7 Å². The largest absolute Gasteiger partial charge is 0.479 e. The normalized spacial score (nSPS) is 21.5. The van der Waals surface area contributed by atoms with Gasteiger partial charge in [-0.1, -0.05) is 0 Å². The molecule has 0 spiro atoms. The molecule has 3 aromatic heterocycles. The molecule has 0 aromatic carbocycles.